The Labute approximate surface area is 169 Å². The van der Waals surface area contributed by atoms with Crippen molar-refractivity contribution in [2.75, 3.05) is 25.5 Å². The first kappa shape index (κ1) is 16.6. The number of nitrogens with one attached hydrogen (secondary N) is 1. The summed E-state index contributed by atoms with van der Waals surface area (Å²) in [6.45, 7) is 2.45. The highest BCUT2D eigenvalue weighted by Gasteiger charge is 2.41. The third-order valence-electron chi connectivity index (χ3n) is 5.63. The van der Waals surface area contributed by atoms with Crippen molar-refractivity contribution in [2.45, 2.75) is 12.0 Å². The standard InChI is InChI=1S/C21H18N4OS2/c22-12-1-2-17-16(9-12)25-20(27-17)13-3-6-23-19-14(13)10-18(28-19)15-4-7-24-21(15)5-8-26-11-21/h1-4,6,9-10,24H,5,7-8,11,22H2. The molecular weight excluding hydrogens is 388 g/mol. The Balaban J connectivity index is 1.49. The maximum atomic E-state index is 5.93. The Morgan fingerprint density at radius 2 is 2.14 bits per heavy atom. The first-order chi connectivity index (χ1) is 13.7. The smallest absolute Gasteiger partial charge is 0.125 e. The number of aromatic nitrogens is 2. The van der Waals surface area contributed by atoms with Crippen molar-refractivity contribution in [1.82, 2.24) is 15.3 Å². The van der Waals surface area contributed by atoms with E-state index in [4.69, 9.17) is 15.5 Å². The van der Waals surface area contributed by atoms with Gasteiger partial charge in [0.05, 0.1) is 22.4 Å². The maximum Gasteiger partial charge on any atom is 0.125 e. The van der Waals surface area contributed by atoms with Crippen molar-refractivity contribution in [3.8, 4) is 10.6 Å². The predicted octanol–water partition coefficient (Wildman–Crippen LogP) is 4.30. The molecule has 1 saturated heterocycles. The third kappa shape index (κ3) is 2.44. The molecule has 1 spiro atoms. The topological polar surface area (TPSA) is 73.1 Å². The van der Waals surface area contributed by atoms with Gasteiger partial charge in [0.2, 0.25) is 0 Å². The van der Waals surface area contributed by atoms with Crippen LogP contribution >= 0.6 is 22.7 Å². The highest BCUT2D eigenvalue weighted by atomic mass is 32.1. The SMILES string of the molecule is Nc1ccc2sc(-c3ccnc4sc(C5=CCNC56CCOC6)cc34)nc2c1. The van der Waals surface area contributed by atoms with E-state index in [1.54, 1.807) is 22.7 Å². The summed E-state index contributed by atoms with van der Waals surface area (Å²) in [5.74, 6) is 0. The number of anilines is 1. The fourth-order valence-electron chi connectivity index (χ4n) is 4.21. The molecule has 140 valence electrons. The van der Waals surface area contributed by atoms with E-state index in [-0.39, 0.29) is 5.54 Å². The summed E-state index contributed by atoms with van der Waals surface area (Å²) in [7, 11) is 0. The molecule has 1 fully saturated rings. The monoisotopic (exact) mass is 406 g/mol. The number of hydrogen-bond donors (Lipinski definition) is 2. The minimum Gasteiger partial charge on any atom is -0.399 e. The van der Waals surface area contributed by atoms with Gasteiger partial charge in [-0.1, -0.05) is 6.08 Å². The number of nitrogen functional groups attached to an aromatic ring is 1. The molecule has 4 aromatic rings. The van der Waals surface area contributed by atoms with Gasteiger partial charge < -0.3 is 15.8 Å². The van der Waals surface area contributed by atoms with Gasteiger partial charge in [-0.2, -0.15) is 0 Å². The average Bonchev–Trinajstić information content (AvgIpc) is 3.47. The second kappa shape index (κ2) is 6.09. The zero-order valence-corrected chi connectivity index (χ0v) is 16.7. The van der Waals surface area contributed by atoms with Crippen molar-refractivity contribution >= 4 is 54.4 Å². The lowest BCUT2D eigenvalue weighted by molar-refractivity contribution is 0.183. The van der Waals surface area contributed by atoms with E-state index in [9.17, 15) is 0 Å². The first-order valence-corrected chi connectivity index (χ1v) is 10.9. The minimum atomic E-state index is -0.0333. The lowest BCUT2D eigenvalue weighted by Gasteiger charge is -2.25. The molecule has 0 saturated carbocycles. The van der Waals surface area contributed by atoms with Gasteiger partial charge in [0.15, 0.2) is 0 Å². The Morgan fingerprint density at radius 3 is 3.04 bits per heavy atom. The Bertz CT molecular complexity index is 1250. The number of thiazole rings is 1. The number of ether oxygens (including phenoxy) is 1. The normalized spacial score (nSPS) is 21.9. The van der Waals surface area contributed by atoms with E-state index < -0.39 is 0 Å². The summed E-state index contributed by atoms with van der Waals surface area (Å²) < 4.78 is 6.86. The molecule has 1 atom stereocenters. The molecule has 2 aliphatic heterocycles. The predicted molar refractivity (Wildman–Crippen MR) is 117 cm³/mol. The van der Waals surface area contributed by atoms with Crippen LogP contribution in [0.1, 0.15) is 11.3 Å². The maximum absolute atomic E-state index is 5.93. The molecule has 0 radical (unpaired) electrons. The molecule has 0 bridgehead atoms. The second-order valence-electron chi connectivity index (χ2n) is 7.32. The zero-order valence-electron chi connectivity index (χ0n) is 15.1. The van der Waals surface area contributed by atoms with Crippen molar-refractivity contribution < 1.29 is 4.74 Å². The number of thiophene rings is 1. The number of nitrogens with zero attached hydrogens (tertiary/aromatic N) is 2. The minimum absolute atomic E-state index is 0.0333. The van der Waals surface area contributed by atoms with E-state index in [2.05, 4.69) is 28.5 Å². The van der Waals surface area contributed by atoms with Crippen LogP contribution in [-0.2, 0) is 4.74 Å². The van der Waals surface area contributed by atoms with E-state index in [0.29, 0.717) is 0 Å². The van der Waals surface area contributed by atoms with Gasteiger partial charge in [0.25, 0.3) is 0 Å². The van der Waals surface area contributed by atoms with E-state index in [0.717, 1.165) is 62.9 Å². The molecule has 3 aromatic heterocycles. The van der Waals surface area contributed by atoms with Crippen LogP contribution in [-0.4, -0.2) is 35.3 Å². The fourth-order valence-corrected chi connectivity index (χ4v) is 6.36. The summed E-state index contributed by atoms with van der Waals surface area (Å²) >= 11 is 3.45. The summed E-state index contributed by atoms with van der Waals surface area (Å²) in [6, 6.07) is 10.3. The van der Waals surface area contributed by atoms with Crippen LogP contribution in [0.5, 0.6) is 0 Å². The molecule has 0 amide bonds. The molecule has 5 heterocycles. The molecule has 7 heteroatoms. The van der Waals surface area contributed by atoms with Gasteiger partial charge in [-0.3, -0.25) is 0 Å². The molecule has 28 heavy (non-hydrogen) atoms. The van der Waals surface area contributed by atoms with Crippen LogP contribution in [0.2, 0.25) is 0 Å². The van der Waals surface area contributed by atoms with E-state index in [1.165, 1.54) is 10.5 Å². The van der Waals surface area contributed by atoms with Gasteiger partial charge in [-0.25, -0.2) is 9.97 Å². The van der Waals surface area contributed by atoms with Crippen LogP contribution in [0.4, 0.5) is 5.69 Å². The van der Waals surface area contributed by atoms with Crippen LogP contribution < -0.4 is 11.1 Å². The van der Waals surface area contributed by atoms with Crippen LogP contribution in [0.3, 0.4) is 0 Å². The Morgan fingerprint density at radius 1 is 1.18 bits per heavy atom. The van der Waals surface area contributed by atoms with Crippen molar-refractivity contribution in [3.05, 3.63) is 47.5 Å². The summed E-state index contributed by atoms with van der Waals surface area (Å²) in [5, 5.41) is 5.81. The van der Waals surface area contributed by atoms with Crippen LogP contribution in [0.25, 0.3) is 36.6 Å². The number of pyridine rings is 1. The molecule has 6 rings (SSSR count). The van der Waals surface area contributed by atoms with Crippen LogP contribution in [0, 0.1) is 0 Å². The Kier molecular flexibility index (Phi) is 3.61. The number of hydrogen-bond acceptors (Lipinski definition) is 7. The molecule has 1 aromatic carbocycles. The molecule has 2 aliphatic rings. The molecular formula is C21H18N4OS2. The highest BCUT2D eigenvalue weighted by Crippen LogP contribution is 2.43. The number of benzene rings is 1. The first-order valence-electron chi connectivity index (χ1n) is 9.31. The second-order valence-corrected chi connectivity index (χ2v) is 9.38. The fraction of sp³-hybridized carbons (Fsp3) is 0.238. The zero-order chi connectivity index (χ0) is 18.7. The van der Waals surface area contributed by atoms with Gasteiger partial charge in [-0.15, -0.1) is 22.7 Å². The number of rotatable bonds is 2. The van der Waals surface area contributed by atoms with E-state index >= 15 is 0 Å². The molecule has 1 unspecified atom stereocenters. The Hall–Kier alpha value is -2.32. The summed E-state index contributed by atoms with van der Waals surface area (Å²) in [5.41, 5.74) is 10.1. The van der Waals surface area contributed by atoms with Gasteiger partial charge in [0, 0.05) is 40.9 Å². The molecule has 5 nitrogen and oxygen atoms in total. The van der Waals surface area contributed by atoms with Crippen LogP contribution in [0.15, 0.2) is 42.6 Å². The lowest BCUT2D eigenvalue weighted by atomic mass is 9.90. The summed E-state index contributed by atoms with van der Waals surface area (Å²) in [6.07, 6.45) is 5.21. The molecule has 0 aliphatic carbocycles. The highest BCUT2D eigenvalue weighted by molar-refractivity contribution is 7.22. The quantitative estimate of drug-likeness (QED) is 0.486. The van der Waals surface area contributed by atoms with Gasteiger partial charge in [-0.05, 0) is 42.3 Å². The lowest BCUT2D eigenvalue weighted by Crippen LogP contribution is -2.42. The van der Waals surface area contributed by atoms with Crippen molar-refractivity contribution in [1.29, 1.82) is 0 Å². The summed E-state index contributed by atoms with van der Waals surface area (Å²) in [4.78, 5) is 11.8. The van der Waals surface area contributed by atoms with Gasteiger partial charge in [0.1, 0.15) is 9.84 Å². The molecule has 3 N–H and O–H groups in total. The third-order valence-corrected chi connectivity index (χ3v) is 7.77. The number of nitrogens with two attached hydrogens (primary N) is 1. The average molecular weight is 407 g/mol. The van der Waals surface area contributed by atoms with Crippen molar-refractivity contribution in [2.24, 2.45) is 0 Å². The van der Waals surface area contributed by atoms with Gasteiger partial charge >= 0.3 is 0 Å². The van der Waals surface area contributed by atoms with E-state index in [1.807, 2.05) is 24.4 Å². The van der Waals surface area contributed by atoms with Crippen molar-refractivity contribution in [3.63, 3.8) is 0 Å². The number of fused-ring (bicyclic) bond motifs is 2. The largest absolute Gasteiger partial charge is 0.399 e.